The van der Waals surface area contributed by atoms with Crippen molar-refractivity contribution in [3.63, 3.8) is 0 Å². The smallest absolute Gasteiger partial charge is 0.251 e. The van der Waals surface area contributed by atoms with Gasteiger partial charge in [0, 0.05) is 21.5 Å². The second kappa shape index (κ2) is 6.55. The van der Waals surface area contributed by atoms with Crippen molar-refractivity contribution < 1.29 is 4.79 Å². The third-order valence-corrected chi connectivity index (χ3v) is 4.94. The Bertz CT molecular complexity index is 476. The Morgan fingerprint density at radius 3 is 2.30 bits per heavy atom. The van der Waals surface area contributed by atoms with Crippen molar-refractivity contribution in [1.29, 1.82) is 0 Å². The molecule has 2 rings (SSSR count). The molecule has 0 saturated heterocycles. The Balaban J connectivity index is 2.13. The molecule has 0 spiro atoms. The van der Waals surface area contributed by atoms with E-state index in [2.05, 4.69) is 12.2 Å². The maximum absolute atomic E-state index is 12.4. The number of hydrogen-bond acceptors (Lipinski definition) is 1. The molecule has 1 aromatic rings. The second-order valence-corrected chi connectivity index (χ2v) is 6.85. The summed E-state index contributed by atoms with van der Waals surface area (Å²) in [4.78, 5) is 12.4. The number of carbonyl (C=O) groups is 1. The van der Waals surface area contributed by atoms with E-state index in [1.54, 1.807) is 18.2 Å². The first kappa shape index (κ1) is 15.9. The van der Waals surface area contributed by atoms with Gasteiger partial charge in [0.25, 0.3) is 5.91 Å². The van der Waals surface area contributed by atoms with Gasteiger partial charge in [0.15, 0.2) is 0 Å². The molecular weight excluding hydrogens is 317 g/mol. The number of amides is 1. The molecule has 0 aliphatic heterocycles. The molecular formula is C15H18Cl3NO. The van der Waals surface area contributed by atoms with Gasteiger partial charge in [0.2, 0.25) is 0 Å². The van der Waals surface area contributed by atoms with Gasteiger partial charge in [-0.2, -0.15) is 0 Å². The minimum absolute atomic E-state index is 0.162. The van der Waals surface area contributed by atoms with Gasteiger partial charge < -0.3 is 5.32 Å². The first-order chi connectivity index (χ1) is 9.44. The van der Waals surface area contributed by atoms with Gasteiger partial charge in [0.05, 0.1) is 5.54 Å². The SMILES string of the molecule is CC1CCC(CCl)(NC(=O)c2cc(Cl)cc(Cl)c2)CC1. The molecule has 0 unspecified atom stereocenters. The zero-order valence-corrected chi connectivity index (χ0v) is 13.7. The van der Waals surface area contributed by atoms with Crippen LogP contribution in [-0.2, 0) is 0 Å². The summed E-state index contributed by atoms with van der Waals surface area (Å²) < 4.78 is 0. The molecule has 20 heavy (non-hydrogen) atoms. The van der Waals surface area contributed by atoms with E-state index in [1.807, 2.05) is 0 Å². The molecule has 1 fully saturated rings. The summed E-state index contributed by atoms with van der Waals surface area (Å²) in [5, 5.41) is 4.00. The molecule has 0 heterocycles. The Labute approximate surface area is 134 Å². The zero-order chi connectivity index (χ0) is 14.8. The molecule has 1 aliphatic carbocycles. The lowest BCUT2D eigenvalue weighted by Gasteiger charge is -2.38. The molecule has 0 bridgehead atoms. The van der Waals surface area contributed by atoms with E-state index in [4.69, 9.17) is 34.8 Å². The van der Waals surface area contributed by atoms with Gasteiger partial charge in [0.1, 0.15) is 0 Å². The third kappa shape index (κ3) is 3.81. The Hall–Kier alpha value is -0.440. The minimum Gasteiger partial charge on any atom is -0.345 e. The van der Waals surface area contributed by atoms with Gasteiger partial charge >= 0.3 is 0 Å². The highest BCUT2D eigenvalue weighted by molar-refractivity contribution is 6.35. The highest BCUT2D eigenvalue weighted by atomic mass is 35.5. The van der Waals surface area contributed by atoms with Crippen molar-refractivity contribution >= 4 is 40.7 Å². The van der Waals surface area contributed by atoms with E-state index in [0.717, 1.165) is 25.7 Å². The third-order valence-electron chi connectivity index (χ3n) is 3.99. The minimum atomic E-state index is -0.306. The van der Waals surface area contributed by atoms with E-state index >= 15 is 0 Å². The van der Waals surface area contributed by atoms with Crippen LogP contribution in [0.5, 0.6) is 0 Å². The number of halogens is 3. The molecule has 0 atom stereocenters. The molecule has 1 amide bonds. The van der Waals surface area contributed by atoms with Crippen molar-refractivity contribution in [3.05, 3.63) is 33.8 Å². The monoisotopic (exact) mass is 333 g/mol. The number of alkyl halides is 1. The summed E-state index contributed by atoms with van der Waals surface area (Å²) in [5.74, 6) is 0.966. The average molecular weight is 335 g/mol. The van der Waals surface area contributed by atoms with Crippen molar-refractivity contribution in [1.82, 2.24) is 5.32 Å². The molecule has 1 aromatic carbocycles. The maximum atomic E-state index is 12.4. The van der Waals surface area contributed by atoms with Gasteiger partial charge in [-0.3, -0.25) is 4.79 Å². The van der Waals surface area contributed by atoms with Crippen LogP contribution in [0.1, 0.15) is 43.0 Å². The van der Waals surface area contributed by atoms with Crippen LogP contribution < -0.4 is 5.32 Å². The normalized spacial score (nSPS) is 26.3. The standard InChI is InChI=1S/C15H18Cl3NO/c1-10-2-4-15(9-16,5-3-10)19-14(20)11-6-12(17)8-13(18)7-11/h6-8,10H,2-5,9H2,1H3,(H,19,20). The van der Waals surface area contributed by atoms with Gasteiger partial charge in [-0.1, -0.05) is 30.1 Å². The van der Waals surface area contributed by atoms with E-state index < -0.39 is 0 Å². The number of rotatable bonds is 3. The first-order valence-electron chi connectivity index (χ1n) is 6.79. The van der Waals surface area contributed by atoms with E-state index in [-0.39, 0.29) is 11.4 Å². The van der Waals surface area contributed by atoms with Crippen LogP contribution >= 0.6 is 34.8 Å². The summed E-state index contributed by atoms with van der Waals surface area (Å²) in [6.45, 7) is 2.23. The van der Waals surface area contributed by atoms with E-state index in [1.165, 1.54) is 0 Å². The predicted molar refractivity (Wildman–Crippen MR) is 85.0 cm³/mol. The van der Waals surface area contributed by atoms with Crippen LogP contribution in [0, 0.1) is 5.92 Å². The Morgan fingerprint density at radius 2 is 1.80 bits per heavy atom. The van der Waals surface area contributed by atoms with E-state index in [9.17, 15) is 4.79 Å². The molecule has 0 aromatic heterocycles. The molecule has 1 aliphatic rings. The van der Waals surface area contributed by atoms with Crippen LogP contribution in [0.25, 0.3) is 0 Å². The lowest BCUT2D eigenvalue weighted by atomic mass is 9.78. The molecule has 2 nitrogen and oxygen atoms in total. The fourth-order valence-electron chi connectivity index (χ4n) is 2.60. The maximum Gasteiger partial charge on any atom is 0.251 e. The van der Waals surface area contributed by atoms with Crippen LogP contribution in [0.2, 0.25) is 10.0 Å². The fourth-order valence-corrected chi connectivity index (χ4v) is 3.46. The molecule has 0 radical (unpaired) electrons. The van der Waals surface area contributed by atoms with Crippen LogP contribution in [-0.4, -0.2) is 17.3 Å². The number of hydrogen-bond donors (Lipinski definition) is 1. The van der Waals surface area contributed by atoms with Crippen LogP contribution in [0.3, 0.4) is 0 Å². The summed E-state index contributed by atoms with van der Waals surface area (Å²) in [5.41, 5.74) is 0.172. The molecule has 110 valence electrons. The van der Waals surface area contributed by atoms with Crippen molar-refractivity contribution in [2.45, 2.75) is 38.1 Å². The van der Waals surface area contributed by atoms with Crippen LogP contribution in [0.15, 0.2) is 18.2 Å². The quantitative estimate of drug-likeness (QED) is 0.782. The first-order valence-corrected chi connectivity index (χ1v) is 8.08. The summed E-state index contributed by atoms with van der Waals surface area (Å²) in [7, 11) is 0. The average Bonchev–Trinajstić information content (AvgIpc) is 2.40. The summed E-state index contributed by atoms with van der Waals surface area (Å²) in [6.07, 6.45) is 4.00. The van der Waals surface area contributed by atoms with Gasteiger partial charge in [-0.25, -0.2) is 0 Å². The van der Waals surface area contributed by atoms with Crippen molar-refractivity contribution in [3.8, 4) is 0 Å². The Kier molecular flexibility index (Phi) is 5.22. The number of nitrogens with one attached hydrogen (secondary N) is 1. The number of carbonyl (C=O) groups excluding carboxylic acids is 1. The Morgan fingerprint density at radius 1 is 1.25 bits per heavy atom. The lowest BCUT2D eigenvalue weighted by Crippen LogP contribution is -2.52. The predicted octanol–water partition coefficient (Wildman–Crippen LogP) is 4.91. The molecule has 5 heteroatoms. The lowest BCUT2D eigenvalue weighted by molar-refractivity contribution is 0.0872. The highest BCUT2D eigenvalue weighted by Crippen LogP contribution is 2.33. The topological polar surface area (TPSA) is 29.1 Å². The fraction of sp³-hybridized carbons (Fsp3) is 0.533. The molecule has 1 saturated carbocycles. The zero-order valence-electron chi connectivity index (χ0n) is 11.4. The molecule has 1 N–H and O–H groups in total. The summed E-state index contributed by atoms with van der Waals surface area (Å²) >= 11 is 18.0. The summed E-state index contributed by atoms with van der Waals surface area (Å²) in [6, 6.07) is 4.85. The largest absolute Gasteiger partial charge is 0.345 e. The van der Waals surface area contributed by atoms with Crippen LogP contribution in [0.4, 0.5) is 0 Å². The van der Waals surface area contributed by atoms with Gasteiger partial charge in [-0.15, -0.1) is 11.6 Å². The highest BCUT2D eigenvalue weighted by Gasteiger charge is 2.35. The van der Waals surface area contributed by atoms with E-state index in [0.29, 0.717) is 27.4 Å². The number of benzene rings is 1. The van der Waals surface area contributed by atoms with Crippen molar-refractivity contribution in [2.24, 2.45) is 5.92 Å². The second-order valence-electron chi connectivity index (χ2n) is 5.71. The van der Waals surface area contributed by atoms with Crippen molar-refractivity contribution in [2.75, 3.05) is 5.88 Å². The van der Waals surface area contributed by atoms with Gasteiger partial charge in [-0.05, 0) is 49.8 Å².